The number of rotatable bonds is 10. The number of hydrogen-bond donors (Lipinski definition) is 2. The minimum Gasteiger partial charge on any atom is -0.507 e. The Balaban J connectivity index is 1.58. The number of methoxy groups -OCH3 is 1. The number of fused-ring (bicyclic) bond motifs is 1. The van der Waals surface area contributed by atoms with Gasteiger partial charge in [0.2, 0.25) is 5.91 Å². The van der Waals surface area contributed by atoms with Gasteiger partial charge in [0, 0.05) is 22.9 Å². The fourth-order valence-corrected chi connectivity index (χ4v) is 4.43. The lowest BCUT2D eigenvalue weighted by Crippen LogP contribution is -2.12. The van der Waals surface area contributed by atoms with Gasteiger partial charge in [-0.3, -0.25) is 9.59 Å². The number of cyclic esters (lactones) is 1. The van der Waals surface area contributed by atoms with Gasteiger partial charge < -0.3 is 24.6 Å². The zero-order valence-electron chi connectivity index (χ0n) is 19.6. The number of nitrogens with zero attached hydrogens (tertiary/aromatic N) is 1. The van der Waals surface area contributed by atoms with Gasteiger partial charge in [-0.2, -0.15) is 0 Å². The summed E-state index contributed by atoms with van der Waals surface area (Å²) in [5, 5.41) is 15.6. The molecule has 0 unspecified atom stereocenters. The van der Waals surface area contributed by atoms with Crippen LogP contribution in [0.5, 0.6) is 11.5 Å². The number of carbonyl (C=O) groups is 3. The molecule has 0 bridgehead atoms. The van der Waals surface area contributed by atoms with E-state index in [-0.39, 0.29) is 42.6 Å². The fourth-order valence-electron chi connectivity index (χ4n) is 3.70. The largest absolute Gasteiger partial charge is 0.507 e. The minimum atomic E-state index is -0.538. The monoisotopic (exact) mass is 488 g/mol. The molecule has 34 heavy (non-hydrogen) atoms. The third-order valence-electron chi connectivity index (χ3n) is 5.48. The van der Waals surface area contributed by atoms with E-state index in [1.165, 1.54) is 18.4 Å². The van der Waals surface area contributed by atoms with Gasteiger partial charge in [0.1, 0.15) is 23.7 Å². The van der Waals surface area contributed by atoms with Crippen molar-refractivity contribution >= 4 is 34.3 Å². The number of phenols is 1. The number of esters is 2. The van der Waals surface area contributed by atoms with Crippen molar-refractivity contribution in [2.45, 2.75) is 53.1 Å². The van der Waals surface area contributed by atoms with E-state index < -0.39 is 5.97 Å². The fraction of sp³-hybridized carbons (Fsp3) is 0.417. The van der Waals surface area contributed by atoms with Gasteiger partial charge in [-0.05, 0) is 39.2 Å². The first-order valence-corrected chi connectivity index (χ1v) is 11.8. The highest BCUT2D eigenvalue weighted by Gasteiger charge is 2.31. The van der Waals surface area contributed by atoms with Crippen LogP contribution in [-0.4, -0.2) is 41.7 Å². The molecule has 2 heterocycles. The number of aromatic nitrogens is 1. The topological polar surface area (TPSA) is 124 Å². The van der Waals surface area contributed by atoms with E-state index in [4.69, 9.17) is 14.2 Å². The minimum absolute atomic E-state index is 0.0677. The number of aromatic hydroxyl groups is 1. The zero-order chi connectivity index (χ0) is 24.8. The molecule has 0 fully saturated rings. The second-order valence-electron chi connectivity index (χ2n) is 7.84. The lowest BCUT2D eigenvalue weighted by atomic mass is 9.94. The van der Waals surface area contributed by atoms with Gasteiger partial charge in [0.05, 0.1) is 25.8 Å². The Morgan fingerprint density at radius 1 is 1.35 bits per heavy atom. The van der Waals surface area contributed by atoms with Crippen molar-refractivity contribution < 1.29 is 33.7 Å². The standard InChI is InChI=1S/C24H28N2O7S/c1-5-32-19(28)10-15-12-34-24(25-15)26-18(27)9-7-13(2)6-8-16-21(29)20-17(11-33-23(20)30)14(3)22(16)31-4/h6,12,29H,5,7-11H2,1-4H3,(H,25,26,27). The van der Waals surface area contributed by atoms with E-state index in [1.807, 2.05) is 19.9 Å². The van der Waals surface area contributed by atoms with Gasteiger partial charge in [-0.1, -0.05) is 11.6 Å². The van der Waals surface area contributed by atoms with E-state index >= 15 is 0 Å². The summed E-state index contributed by atoms with van der Waals surface area (Å²) in [5.74, 6) is -0.682. The Bertz CT molecular complexity index is 1140. The molecule has 1 aliphatic heterocycles. The van der Waals surface area contributed by atoms with E-state index in [1.54, 1.807) is 12.3 Å². The molecule has 0 saturated carbocycles. The zero-order valence-corrected chi connectivity index (χ0v) is 20.5. The second kappa shape index (κ2) is 11.1. The van der Waals surface area contributed by atoms with Crippen LogP contribution in [0.3, 0.4) is 0 Å². The molecule has 0 radical (unpaired) electrons. The van der Waals surface area contributed by atoms with Crippen LogP contribution in [0, 0.1) is 6.92 Å². The van der Waals surface area contributed by atoms with Gasteiger partial charge >= 0.3 is 11.9 Å². The Morgan fingerprint density at radius 3 is 2.82 bits per heavy atom. The van der Waals surface area contributed by atoms with Crippen LogP contribution in [-0.2, 0) is 38.5 Å². The number of benzene rings is 1. The summed E-state index contributed by atoms with van der Waals surface area (Å²) in [6.45, 7) is 5.90. The molecular formula is C24H28N2O7S. The van der Waals surface area contributed by atoms with Gasteiger partial charge in [-0.25, -0.2) is 9.78 Å². The number of anilines is 1. The van der Waals surface area contributed by atoms with Crippen molar-refractivity contribution in [1.29, 1.82) is 0 Å². The number of amides is 1. The van der Waals surface area contributed by atoms with Crippen molar-refractivity contribution in [3.05, 3.63) is 45.0 Å². The molecule has 0 spiro atoms. The summed E-state index contributed by atoms with van der Waals surface area (Å²) < 4.78 is 15.5. The lowest BCUT2D eigenvalue weighted by Gasteiger charge is -2.15. The molecule has 1 aliphatic rings. The van der Waals surface area contributed by atoms with Crippen LogP contribution in [0.4, 0.5) is 5.13 Å². The molecule has 1 aromatic carbocycles. The summed E-state index contributed by atoms with van der Waals surface area (Å²) in [5.41, 5.74) is 3.62. The maximum atomic E-state index is 12.3. The number of thiazole rings is 1. The normalized spacial score (nSPS) is 12.8. The number of ether oxygens (including phenoxy) is 3. The molecule has 182 valence electrons. The number of phenolic OH excluding ortho intramolecular Hbond substituents is 1. The Kier molecular flexibility index (Phi) is 8.27. The third kappa shape index (κ3) is 5.74. The lowest BCUT2D eigenvalue weighted by molar-refractivity contribution is -0.142. The van der Waals surface area contributed by atoms with Crippen LogP contribution in [0.15, 0.2) is 17.0 Å². The van der Waals surface area contributed by atoms with Crippen LogP contribution in [0.1, 0.15) is 59.4 Å². The SMILES string of the molecule is CCOC(=O)Cc1csc(NC(=O)CCC(C)=CCc2c(O)c3c(c(C)c2OC)COC3=O)n1. The molecule has 1 amide bonds. The number of allylic oxidation sites excluding steroid dienone is 2. The van der Waals surface area contributed by atoms with E-state index in [0.717, 1.165) is 11.1 Å². The molecule has 9 nitrogen and oxygen atoms in total. The van der Waals surface area contributed by atoms with Crippen molar-refractivity contribution in [3.8, 4) is 11.5 Å². The first kappa shape index (κ1) is 25.2. The average Bonchev–Trinajstić information content (AvgIpc) is 3.40. The van der Waals surface area contributed by atoms with Crippen molar-refractivity contribution in [1.82, 2.24) is 4.98 Å². The Morgan fingerprint density at radius 2 is 2.12 bits per heavy atom. The summed E-state index contributed by atoms with van der Waals surface area (Å²) in [4.78, 5) is 40.1. The molecule has 0 saturated heterocycles. The molecule has 10 heteroatoms. The quantitative estimate of drug-likeness (QED) is 0.382. The molecule has 0 atom stereocenters. The van der Waals surface area contributed by atoms with Crippen molar-refractivity contribution in [2.75, 3.05) is 19.0 Å². The third-order valence-corrected chi connectivity index (χ3v) is 6.28. The molecule has 2 aromatic rings. The summed E-state index contributed by atoms with van der Waals surface area (Å²) in [6, 6.07) is 0. The molecule has 3 rings (SSSR count). The van der Waals surface area contributed by atoms with Crippen LogP contribution in [0.2, 0.25) is 0 Å². The number of nitrogens with one attached hydrogen (secondary N) is 1. The first-order valence-electron chi connectivity index (χ1n) is 10.9. The Hall–Kier alpha value is -3.40. The predicted molar refractivity (Wildman–Crippen MR) is 126 cm³/mol. The number of carbonyl (C=O) groups excluding carboxylic acids is 3. The highest BCUT2D eigenvalue weighted by Crippen LogP contribution is 2.42. The van der Waals surface area contributed by atoms with Crippen LogP contribution >= 0.6 is 11.3 Å². The maximum absolute atomic E-state index is 12.3. The Labute approximate surface area is 201 Å². The van der Waals surface area contributed by atoms with Crippen molar-refractivity contribution in [2.24, 2.45) is 0 Å². The molecule has 0 aliphatic carbocycles. The van der Waals surface area contributed by atoms with Crippen LogP contribution < -0.4 is 10.1 Å². The van der Waals surface area contributed by atoms with Crippen molar-refractivity contribution in [3.63, 3.8) is 0 Å². The van der Waals surface area contributed by atoms with Gasteiger partial charge in [0.25, 0.3) is 0 Å². The first-order chi connectivity index (χ1) is 16.2. The molecular weight excluding hydrogens is 460 g/mol. The highest BCUT2D eigenvalue weighted by molar-refractivity contribution is 7.13. The van der Waals surface area contributed by atoms with E-state index in [9.17, 15) is 19.5 Å². The highest BCUT2D eigenvalue weighted by atomic mass is 32.1. The average molecular weight is 489 g/mol. The second-order valence-corrected chi connectivity index (χ2v) is 8.70. The van der Waals surface area contributed by atoms with E-state index in [2.05, 4.69) is 10.3 Å². The molecule has 2 N–H and O–H groups in total. The summed E-state index contributed by atoms with van der Waals surface area (Å²) in [7, 11) is 1.52. The molecule has 1 aromatic heterocycles. The number of hydrogen-bond acceptors (Lipinski definition) is 9. The van der Waals surface area contributed by atoms with E-state index in [0.29, 0.717) is 47.2 Å². The van der Waals surface area contributed by atoms with Crippen LogP contribution in [0.25, 0.3) is 0 Å². The predicted octanol–water partition coefficient (Wildman–Crippen LogP) is 3.85. The van der Waals surface area contributed by atoms with Gasteiger partial charge in [0.15, 0.2) is 5.13 Å². The smallest absolute Gasteiger partial charge is 0.342 e. The summed E-state index contributed by atoms with van der Waals surface area (Å²) >= 11 is 1.25. The maximum Gasteiger partial charge on any atom is 0.342 e. The van der Waals surface area contributed by atoms with Gasteiger partial charge in [-0.15, -0.1) is 11.3 Å². The summed E-state index contributed by atoms with van der Waals surface area (Å²) in [6.07, 6.45) is 3.05.